The lowest BCUT2D eigenvalue weighted by molar-refractivity contribution is -0.118. The Morgan fingerprint density at radius 3 is 2.61 bits per heavy atom. The van der Waals surface area contributed by atoms with Crippen molar-refractivity contribution in [3.8, 4) is 17.6 Å². The van der Waals surface area contributed by atoms with Crippen molar-refractivity contribution in [3.63, 3.8) is 0 Å². The van der Waals surface area contributed by atoms with E-state index in [0.29, 0.717) is 51.4 Å². The number of benzene rings is 1. The Labute approximate surface area is 231 Å². The molecule has 2 heterocycles. The molecule has 1 aliphatic heterocycles. The summed E-state index contributed by atoms with van der Waals surface area (Å²) in [5.74, 6) is 0.785. The van der Waals surface area contributed by atoms with Crippen molar-refractivity contribution in [2.45, 2.75) is 74.3 Å². The highest BCUT2D eigenvalue weighted by Crippen LogP contribution is 2.52. The number of rotatable bonds is 6. The van der Waals surface area contributed by atoms with Crippen molar-refractivity contribution < 1.29 is 14.3 Å². The Kier molecular flexibility index (Phi) is 7.43. The summed E-state index contributed by atoms with van der Waals surface area (Å²) in [7, 11) is 3.16. The number of ketones is 1. The zero-order chi connectivity index (χ0) is 27.0. The van der Waals surface area contributed by atoms with E-state index in [-0.39, 0.29) is 17.0 Å². The van der Waals surface area contributed by atoms with Crippen LogP contribution in [0.15, 0.2) is 45.2 Å². The zero-order valence-electron chi connectivity index (χ0n) is 22.2. The Balaban J connectivity index is 1.64. The number of carbonyl (C=O) groups excluding carboxylic acids is 1. The molecule has 0 amide bonds. The van der Waals surface area contributed by atoms with Gasteiger partial charge in [-0.2, -0.15) is 5.26 Å². The Bertz CT molecular complexity index is 1350. The van der Waals surface area contributed by atoms with Crippen molar-refractivity contribution in [3.05, 3.63) is 46.4 Å². The fourth-order valence-electron chi connectivity index (χ4n) is 5.77. The molecular formula is C28H33N5O3S2. The van der Waals surface area contributed by atoms with Crippen LogP contribution in [0.4, 0.5) is 5.13 Å². The van der Waals surface area contributed by atoms with E-state index in [1.165, 1.54) is 43.4 Å². The summed E-state index contributed by atoms with van der Waals surface area (Å²) < 4.78 is 12.0. The fraction of sp³-hybridized carbons (Fsp3) is 0.500. The highest BCUT2D eigenvalue weighted by atomic mass is 32.2. The van der Waals surface area contributed by atoms with E-state index in [9.17, 15) is 10.1 Å². The lowest BCUT2D eigenvalue weighted by atomic mass is 9.68. The van der Waals surface area contributed by atoms with Crippen LogP contribution in [0.1, 0.15) is 70.3 Å². The van der Waals surface area contributed by atoms with Gasteiger partial charge in [-0.3, -0.25) is 9.69 Å². The topological polar surface area (TPSA) is 114 Å². The van der Waals surface area contributed by atoms with Crippen LogP contribution in [0.2, 0.25) is 0 Å². The van der Waals surface area contributed by atoms with Crippen LogP contribution in [0.25, 0.3) is 0 Å². The summed E-state index contributed by atoms with van der Waals surface area (Å²) in [4.78, 5) is 15.6. The number of Topliss-reactive ketones (excluding diaryl/α,β-unsaturated/α-hetero) is 1. The molecule has 38 heavy (non-hydrogen) atoms. The molecule has 8 nitrogen and oxygen atoms in total. The first-order valence-corrected chi connectivity index (χ1v) is 14.6. The van der Waals surface area contributed by atoms with Crippen LogP contribution in [0.3, 0.4) is 0 Å². The summed E-state index contributed by atoms with van der Waals surface area (Å²) in [5.41, 5.74) is 8.83. The van der Waals surface area contributed by atoms with Gasteiger partial charge < -0.3 is 15.2 Å². The van der Waals surface area contributed by atoms with Crippen LogP contribution >= 0.6 is 23.1 Å². The zero-order valence-corrected chi connectivity index (χ0v) is 23.9. The summed E-state index contributed by atoms with van der Waals surface area (Å²) in [6, 6.07) is 7.73. The minimum absolute atomic E-state index is 0.00214. The van der Waals surface area contributed by atoms with Crippen molar-refractivity contribution in [2.24, 2.45) is 11.1 Å². The third kappa shape index (κ3) is 4.90. The largest absolute Gasteiger partial charge is 0.497 e. The molecule has 1 aromatic heterocycles. The maximum Gasteiger partial charge on any atom is 0.219 e. The van der Waals surface area contributed by atoms with Crippen LogP contribution in [0, 0.1) is 16.7 Å². The lowest BCUT2D eigenvalue weighted by Gasteiger charge is -2.42. The first-order chi connectivity index (χ1) is 18.3. The molecule has 5 rings (SSSR count). The molecule has 0 bridgehead atoms. The number of nitrogens with two attached hydrogens (primary N) is 1. The smallest absolute Gasteiger partial charge is 0.219 e. The summed E-state index contributed by atoms with van der Waals surface area (Å²) >= 11 is 3.25. The van der Waals surface area contributed by atoms with Crippen LogP contribution in [0.5, 0.6) is 11.5 Å². The number of methoxy groups -OCH3 is 2. The SMILES string of the molecule is COc1ccc(OC)c(C2C(C#N)=C(N)N(c3nnc(SC4CCCCC4)s3)C3=C2C(=O)CC(C)(C)C3)c1. The van der Waals surface area contributed by atoms with Gasteiger partial charge in [0.1, 0.15) is 17.3 Å². The number of allylic oxidation sites excluding steroid dienone is 3. The van der Waals surface area contributed by atoms with E-state index in [4.69, 9.17) is 15.2 Å². The monoisotopic (exact) mass is 551 g/mol. The van der Waals surface area contributed by atoms with E-state index in [0.717, 1.165) is 10.0 Å². The van der Waals surface area contributed by atoms with Crippen LogP contribution < -0.4 is 20.1 Å². The van der Waals surface area contributed by atoms with E-state index < -0.39 is 5.92 Å². The Morgan fingerprint density at radius 1 is 1.16 bits per heavy atom. The van der Waals surface area contributed by atoms with E-state index in [1.807, 2.05) is 6.07 Å². The quantitative estimate of drug-likeness (QED) is 0.467. The molecule has 0 radical (unpaired) electrons. The fourth-order valence-corrected chi connectivity index (χ4v) is 8.16. The molecule has 200 valence electrons. The Morgan fingerprint density at radius 2 is 1.92 bits per heavy atom. The second-order valence-electron chi connectivity index (χ2n) is 10.8. The molecule has 2 aliphatic carbocycles. The summed E-state index contributed by atoms with van der Waals surface area (Å²) in [6.45, 7) is 4.16. The van der Waals surface area contributed by atoms with Gasteiger partial charge in [0.05, 0.1) is 31.8 Å². The number of nitriles is 1. The number of hydrogen-bond donors (Lipinski definition) is 1. The van der Waals surface area contributed by atoms with Crippen LogP contribution in [-0.4, -0.2) is 35.5 Å². The molecule has 1 unspecified atom stereocenters. The minimum Gasteiger partial charge on any atom is -0.497 e. The van der Waals surface area contributed by atoms with Gasteiger partial charge in [0, 0.05) is 28.5 Å². The predicted molar refractivity (Wildman–Crippen MR) is 149 cm³/mol. The van der Waals surface area contributed by atoms with Gasteiger partial charge >= 0.3 is 0 Å². The standard InChI is InChI=1S/C28H33N5O3S2/c1-28(2)13-20-24(21(34)14-28)23(18-12-16(35-3)10-11-22(18)36-4)19(15-29)25(30)33(20)26-31-32-27(38-26)37-17-8-6-5-7-9-17/h10-12,17,23H,5-9,13-14,30H2,1-4H3. The number of hydrogen-bond acceptors (Lipinski definition) is 10. The minimum atomic E-state index is -0.663. The van der Waals surface area contributed by atoms with Gasteiger partial charge in [-0.15, -0.1) is 10.2 Å². The highest BCUT2D eigenvalue weighted by Gasteiger charge is 2.46. The lowest BCUT2D eigenvalue weighted by Crippen LogP contribution is -2.42. The first-order valence-electron chi connectivity index (χ1n) is 12.9. The van der Waals surface area contributed by atoms with E-state index in [1.54, 1.807) is 43.0 Å². The molecule has 10 heteroatoms. The predicted octanol–water partition coefficient (Wildman–Crippen LogP) is 5.92. The number of thioether (sulfide) groups is 1. The normalized spacial score (nSPS) is 21.8. The van der Waals surface area contributed by atoms with E-state index >= 15 is 0 Å². The van der Waals surface area contributed by atoms with Gasteiger partial charge in [-0.25, -0.2) is 0 Å². The van der Waals surface area contributed by atoms with Gasteiger partial charge in [-0.1, -0.05) is 56.2 Å². The molecule has 2 aromatic rings. The van der Waals surface area contributed by atoms with Crippen molar-refractivity contribution in [2.75, 3.05) is 19.1 Å². The molecule has 1 fully saturated rings. The Hall–Kier alpha value is -3.03. The molecule has 2 N–H and O–H groups in total. The number of aromatic nitrogens is 2. The maximum atomic E-state index is 13.8. The number of anilines is 1. The second kappa shape index (κ2) is 10.6. The molecule has 0 spiro atoms. The van der Waals surface area contributed by atoms with Crippen molar-refractivity contribution in [1.82, 2.24) is 10.2 Å². The third-order valence-corrected chi connectivity index (χ3v) is 9.87. The number of nitrogens with zero attached hydrogens (tertiary/aromatic N) is 4. The van der Waals surface area contributed by atoms with Gasteiger partial charge in [0.2, 0.25) is 5.13 Å². The van der Waals surface area contributed by atoms with E-state index in [2.05, 4.69) is 30.1 Å². The van der Waals surface area contributed by atoms with Gasteiger partial charge in [-0.05, 0) is 42.9 Å². The molecular weight excluding hydrogens is 518 g/mol. The third-order valence-electron chi connectivity index (χ3n) is 7.54. The van der Waals surface area contributed by atoms with Gasteiger partial charge in [0.25, 0.3) is 0 Å². The highest BCUT2D eigenvalue weighted by molar-refractivity contribution is 8.01. The molecule has 1 saturated carbocycles. The molecule has 3 aliphatic rings. The molecule has 0 saturated heterocycles. The first kappa shape index (κ1) is 26.6. The maximum absolute atomic E-state index is 13.8. The summed E-state index contributed by atoms with van der Waals surface area (Å²) in [6.07, 6.45) is 7.15. The molecule has 1 atom stereocenters. The number of ether oxygens (including phenoxy) is 2. The van der Waals surface area contributed by atoms with Crippen molar-refractivity contribution in [1.29, 1.82) is 5.26 Å². The van der Waals surface area contributed by atoms with Crippen molar-refractivity contribution >= 4 is 34.0 Å². The summed E-state index contributed by atoms with van der Waals surface area (Å²) in [5, 5.41) is 20.5. The second-order valence-corrected chi connectivity index (χ2v) is 13.3. The van der Waals surface area contributed by atoms with Gasteiger partial charge in [0.15, 0.2) is 10.1 Å². The van der Waals surface area contributed by atoms with Crippen LogP contribution in [-0.2, 0) is 4.79 Å². The number of carbonyl (C=O) groups is 1. The molecule has 1 aromatic carbocycles. The average Bonchev–Trinajstić information content (AvgIpc) is 3.35. The average molecular weight is 552 g/mol.